The molecule has 0 unspecified atom stereocenters. The van der Waals surface area contributed by atoms with Crippen LogP contribution in [-0.2, 0) is 9.47 Å². The molecule has 0 aliphatic carbocycles. The zero-order valence-corrected chi connectivity index (χ0v) is 17.5. The van der Waals surface area contributed by atoms with E-state index in [0.717, 1.165) is 0 Å². The largest absolute Gasteiger partial charge is 0.504 e. The van der Waals surface area contributed by atoms with Gasteiger partial charge in [0.15, 0.2) is 11.5 Å². The third-order valence-corrected chi connectivity index (χ3v) is 4.90. The van der Waals surface area contributed by atoms with Gasteiger partial charge in [-0.05, 0) is 19.1 Å². The van der Waals surface area contributed by atoms with Gasteiger partial charge < -0.3 is 29.1 Å². The summed E-state index contributed by atoms with van der Waals surface area (Å²) < 4.78 is 16.3. The van der Waals surface area contributed by atoms with Crippen molar-refractivity contribution in [1.29, 1.82) is 0 Å². The maximum Gasteiger partial charge on any atom is 0.250 e. The number of rotatable bonds is 7. The van der Waals surface area contributed by atoms with Crippen LogP contribution in [0, 0.1) is 0 Å². The van der Waals surface area contributed by atoms with Gasteiger partial charge >= 0.3 is 0 Å². The van der Waals surface area contributed by atoms with E-state index in [1.54, 1.807) is 18.2 Å². The first kappa shape index (κ1) is 21.1. The second-order valence-electron chi connectivity index (χ2n) is 6.95. The van der Waals surface area contributed by atoms with Crippen molar-refractivity contribution in [3.05, 3.63) is 23.8 Å². The van der Waals surface area contributed by atoms with Crippen LogP contribution in [0.3, 0.4) is 0 Å². The van der Waals surface area contributed by atoms with Gasteiger partial charge in [-0.1, -0.05) is 6.07 Å². The van der Waals surface area contributed by atoms with Crippen molar-refractivity contribution in [3.8, 4) is 11.5 Å². The Kier molecular flexibility index (Phi) is 6.95. The van der Waals surface area contributed by atoms with E-state index in [2.05, 4.69) is 35.3 Å². The van der Waals surface area contributed by atoms with Crippen LogP contribution in [0.15, 0.2) is 23.3 Å². The van der Waals surface area contributed by atoms with Crippen molar-refractivity contribution in [2.75, 3.05) is 74.4 Å². The molecule has 0 spiro atoms. The smallest absolute Gasteiger partial charge is 0.250 e. The third kappa shape index (κ3) is 5.30. The van der Waals surface area contributed by atoms with Crippen molar-refractivity contribution in [1.82, 2.24) is 15.0 Å². The number of ether oxygens (including phenoxy) is 3. The molecule has 11 nitrogen and oxygen atoms in total. The summed E-state index contributed by atoms with van der Waals surface area (Å²) in [7, 11) is 0. The molecule has 2 saturated heterocycles. The Bertz CT molecular complexity index is 863. The lowest BCUT2D eigenvalue weighted by Gasteiger charge is -2.30. The molecule has 4 rings (SSSR count). The standard InChI is InChI=1S/C20H27N7O4/c1-2-31-16-5-3-4-15(17(16)28)14-21-25-18-22-19(26-6-10-29-11-7-26)24-20(23-18)27-8-12-30-13-9-27/h3-5,14,28H,2,6-13H2,1H3,(H,22,23,24,25)/b21-14-. The van der Waals surface area contributed by atoms with Gasteiger partial charge in [0.25, 0.3) is 0 Å². The average molecular weight is 429 g/mol. The second kappa shape index (κ2) is 10.2. The summed E-state index contributed by atoms with van der Waals surface area (Å²) in [5.41, 5.74) is 3.39. The molecule has 0 saturated carbocycles. The Labute approximate surface area is 180 Å². The first-order chi connectivity index (χ1) is 15.2. The fraction of sp³-hybridized carbons (Fsp3) is 0.500. The molecule has 2 fully saturated rings. The molecule has 0 bridgehead atoms. The fourth-order valence-corrected chi connectivity index (χ4v) is 3.29. The highest BCUT2D eigenvalue weighted by Gasteiger charge is 2.20. The Morgan fingerprint density at radius 3 is 2.23 bits per heavy atom. The molecule has 0 atom stereocenters. The van der Waals surface area contributed by atoms with E-state index in [0.29, 0.717) is 88.4 Å². The molecular formula is C20H27N7O4. The highest BCUT2D eigenvalue weighted by Crippen LogP contribution is 2.28. The maximum atomic E-state index is 10.3. The van der Waals surface area contributed by atoms with E-state index in [-0.39, 0.29) is 5.75 Å². The summed E-state index contributed by atoms with van der Waals surface area (Å²) in [6, 6.07) is 5.25. The van der Waals surface area contributed by atoms with Gasteiger partial charge in [-0.15, -0.1) is 0 Å². The van der Waals surface area contributed by atoms with Crippen LogP contribution in [0.2, 0.25) is 0 Å². The van der Waals surface area contributed by atoms with Crippen molar-refractivity contribution < 1.29 is 19.3 Å². The van der Waals surface area contributed by atoms with E-state index >= 15 is 0 Å². The van der Waals surface area contributed by atoms with Crippen LogP contribution >= 0.6 is 0 Å². The Hall–Kier alpha value is -3.18. The molecule has 1 aromatic heterocycles. The third-order valence-electron chi connectivity index (χ3n) is 4.90. The molecule has 31 heavy (non-hydrogen) atoms. The van der Waals surface area contributed by atoms with Crippen LogP contribution < -0.4 is 20.0 Å². The zero-order valence-electron chi connectivity index (χ0n) is 17.5. The molecule has 2 aliphatic heterocycles. The quantitative estimate of drug-likeness (QED) is 0.489. The van der Waals surface area contributed by atoms with Crippen LogP contribution in [-0.4, -0.2) is 85.5 Å². The lowest BCUT2D eigenvalue weighted by atomic mass is 10.2. The van der Waals surface area contributed by atoms with E-state index in [1.807, 2.05) is 6.92 Å². The van der Waals surface area contributed by atoms with Crippen LogP contribution in [0.25, 0.3) is 0 Å². The van der Waals surface area contributed by atoms with Gasteiger partial charge in [0.05, 0.1) is 39.2 Å². The first-order valence-electron chi connectivity index (χ1n) is 10.4. The highest BCUT2D eigenvalue weighted by atomic mass is 16.5. The van der Waals surface area contributed by atoms with E-state index in [1.165, 1.54) is 6.21 Å². The number of nitrogens with zero attached hydrogens (tertiary/aromatic N) is 6. The molecule has 0 radical (unpaired) electrons. The normalized spacial score (nSPS) is 17.2. The van der Waals surface area contributed by atoms with Crippen LogP contribution in [0.1, 0.15) is 12.5 Å². The maximum absolute atomic E-state index is 10.3. The van der Waals surface area contributed by atoms with Gasteiger partial charge in [-0.2, -0.15) is 20.1 Å². The van der Waals surface area contributed by atoms with Crippen LogP contribution in [0.5, 0.6) is 11.5 Å². The fourth-order valence-electron chi connectivity index (χ4n) is 3.29. The summed E-state index contributed by atoms with van der Waals surface area (Å²) in [4.78, 5) is 17.9. The molecule has 3 heterocycles. The zero-order chi connectivity index (χ0) is 21.5. The number of hydrogen-bond acceptors (Lipinski definition) is 11. The number of phenols is 1. The van der Waals surface area contributed by atoms with Crippen molar-refractivity contribution in [2.45, 2.75) is 6.92 Å². The van der Waals surface area contributed by atoms with E-state index in [4.69, 9.17) is 14.2 Å². The number of phenolic OH excluding ortho intramolecular Hbond substituents is 1. The van der Waals surface area contributed by atoms with Gasteiger partial charge in [0, 0.05) is 31.7 Å². The minimum atomic E-state index is 0.0357. The molecular weight excluding hydrogens is 402 g/mol. The SMILES string of the molecule is CCOc1cccc(/C=N\Nc2nc(N3CCOCC3)nc(N3CCOCC3)n2)c1O. The average Bonchev–Trinajstić information content (AvgIpc) is 2.82. The summed E-state index contributed by atoms with van der Waals surface area (Å²) in [5, 5.41) is 14.5. The van der Waals surface area contributed by atoms with Gasteiger partial charge in [0.1, 0.15) is 0 Å². The molecule has 0 amide bonds. The van der Waals surface area contributed by atoms with Crippen molar-refractivity contribution >= 4 is 24.1 Å². The molecule has 2 N–H and O–H groups in total. The van der Waals surface area contributed by atoms with Gasteiger partial charge in [-0.25, -0.2) is 5.43 Å². The molecule has 1 aromatic carbocycles. The highest BCUT2D eigenvalue weighted by molar-refractivity contribution is 5.85. The van der Waals surface area contributed by atoms with E-state index in [9.17, 15) is 5.11 Å². The van der Waals surface area contributed by atoms with E-state index < -0.39 is 0 Å². The number of aromatic nitrogens is 3. The number of morpholine rings is 2. The second-order valence-corrected chi connectivity index (χ2v) is 6.95. The number of anilines is 3. The molecule has 2 aliphatic rings. The number of benzene rings is 1. The predicted octanol–water partition coefficient (Wildman–Crippen LogP) is 1.10. The number of aromatic hydroxyl groups is 1. The van der Waals surface area contributed by atoms with Gasteiger partial charge in [0.2, 0.25) is 17.8 Å². The van der Waals surface area contributed by atoms with Gasteiger partial charge in [-0.3, -0.25) is 0 Å². The van der Waals surface area contributed by atoms with Crippen molar-refractivity contribution in [3.63, 3.8) is 0 Å². The predicted molar refractivity (Wildman–Crippen MR) is 116 cm³/mol. The van der Waals surface area contributed by atoms with Crippen LogP contribution in [0.4, 0.5) is 17.8 Å². The Morgan fingerprint density at radius 1 is 1.03 bits per heavy atom. The number of hydrazone groups is 1. The Balaban J connectivity index is 1.55. The minimum absolute atomic E-state index is 0.0357. The Morgan fingerprint density at radius 2 is 1.65 bits per heavy atom. The summed E-state index contributed by atoms with van der Waals surface area (Å²) in [6.07, 6.45) is 1.50. The summed E-state index contributed by atoms with van der Waals surface area (Å²) >= 11 is 0. The summed E-state index contributed by atoms with van der Waals surface area (Å²) in [5.74, 6) is 1.94. The van der Waals surface area contributed by atoms with Crippen molar-refractivity contribution in [2.24, 2.45) is 5.10 Å². The first-order valence-corrected chi connectivity index (χ1v) is 10.4. The minimum Gasteiger partial charge on any atom is -0.504 e. The monoisotopic (exact) mass is 429 g/mol. The number of para-hydroxylation sites is 1. The molecule has 166 valence electrons. The number of hydrogen-bond donors (Lipinski definition) is 2. The molecule has 11 heteroatoms. The number of nitrogens with one attached hydrogen (secondary N) is 1. The summed E-state index contributed by atoms with van der Waals surface area (Å²) in [6.45, 7) is 7.72. The molecule has 2 aromatic rings. The lowest BCUT2D eigenvalue weighted by Crippen LogP contribution is -2.40. The topological polar surface area (TPSA) is 117 Å². The lowest BCUT2D eigenvalue weighted by molar-refractivity contribution is 0.121.